The van der Waals surface area contributed by atoms with E-state index >= 15 is 0 Å². The van der Waals surface area contributed by atoms with Crippen molar-refractivity contribution in [2.75, 3.05) is 13.2 Å². The van der Waals surface area contributed by atoms with Crippen LogP contribution in [0.25, 0.3) is 0 Å². The van der Waals surface area contributed by atoms with Crippen molar-refractivity contribution in [3.05, 3.63) is 0 Å². The van der Waals surface area contributed by atoms with Crippen LogP contribution in [0.15, 0.2) is 0 Å². The van der Waals surface area contributed by atoms with E-state index in [-0.39, 0.29) is 12.5 Å². The van der Waals surface area contributed by atoms with Gasteiger partial charge in [-0.1, -0.05) is 39.0 Å². The molecule has 0 unspecified atom stereocenters. The van der Waals surface area contributed by atoms with E-state index in [9.17, 15) is 4.79 Å². The standard InChI is InChI=1S/C14H28N2O2/c1-2-3-9-13(15)14(18)16(10-11-17)12-7-5-4-6-8-12/h12-13,17H,2-11,15H2,1H3/t13-/m0/s1. The second-order valence-corrected chi connectivity index (χ2v) is 5.30. The Morgan fingerprint density at radius 1 is 1.39 bits per heavy atom. The van der Waals surface area contributed by atoms with Crippen LogP contribution in [0, 0.1) is 0 Å². The van der Waals surface area contributed by atoms with Gasteiger partial charge in [0.05, 0.1) is 12.6 Å². The third-order valence-corrected chi connectivity index (χ3v) is 3.83. The molecular weight excluding hydrogens is 228 g/mol. The average molecular weight is 256 g/mol. The van der Waals surface area contributed by atoms with Gasteiger partial charge in [-0.05, 0) is 19.3 Å². The Morgan fingerprint density at radius 3 is 2.61 bits per heavy atom. The largest absolute Gasteiger partial charge is 0.395 e. The maximum atomic E-state index is 12.3. The molecule has 0 aromatic carbocycles. The second-order valence-electron chi connectivity index (χ2n) is 5.30. The number of carbonyl (C=O) groups is 1. The van der Waals surface area contributed by atoms with Crippen molar-refractivity contribution < 1.29 is 9.90 Å². The fraction of sp³-hybridized carbons (Fsp3) is 0.929. The lowest BCUT2D eigenvalue weighted by molar-refractivity contribution is -0.136. The summed E-state index contributed by atoms with van der Waals surface area (Å²) in [5, 5.41) is 9.14. The topological polar surface area (TPSA) is 66.6 Å². The summed E-state index contributed by atoms with van der Waals surface area (Å²) in [7, 11) is 0. The first-order valence-corrected chi connectivity index (χ1v) is 7.37. The normalized spacial score (nSPS) is 18.6. The molecule has 0 spiro atoms. The molecule has 0 radical (unpaired) electrons. The van der Waals surface area contributed by atoms with Crippen molar-refractivity contribution >= 4 is 5.91 Å². The van der Waals surface area contributed by atoms with Crippen molar-refractivity contribution in [2.45, 2.75) is 70.4 Å². The third kappa shape index (κ3) is 4.58. The number of rotatable bonds is 7. The molecule has 0 aliphatic heterocycles. The van der Waals surface area contributed by atoms with Crippen LogP contribution >= 0.6 is 0 Å². The van der Waals surface area contributed by atoms with Gasteiger partial charge in [0.25, 0.3) is 0 Å². The molecule has 1 fully saturated rings. The van der Waals surface area contributed by atoms with Gasteiger partial charge in [-0.3, -0.25) is 4.79 Å². The Hall–Kier alpha value is -0.610. The summed E-state index contributed by atoms with van der Waals surface area (Å²) in [6, 6.07) is -0.0931. The minimum atomic E-state index is -0.390. The van der Waals surface area contributed by atoms with Crippen LogP contribution in [0.5, 0.6) is 0 Å². The average Bonchev–Trinajstić information content (AvgIpc) is 2.42. The zero-order chi connectivity index (χ0) is 13.4. The molecule has 4 nitrogen and oxygen atoms in total. The fourth-order valence-corrected chi connectivity index (χ4v) is 2.73. The predicted molar refractivity (Wildman–Crippen MR) is 73.2 cm³/mol. The molecule has 0 aromatic heterocycles. The highest BCUT2D eigenvalue weighted by Crippen LogP contribution is 2.23. The highest BCUT2D eigenvalue weighted by molar-refractivity contribution is 5.82. The lowest BCUT2D eigenvalue weighted by Gasteiger charge is -2.35. The number of hydrogen-bond acceptors (Lipinski definition) is 3. The molecule has 1 aliphatic rings. The highest BCUT2D eigenvalue weighted by atomic mass is 16.3. The number of aliphatic hydroxyl groups is 1. The number of unbranched alkanes of at least 4 members (excludes halogenated alkanes) is 1. The summed E-state index contributed by atoms with van der Waals surface area (Å²) >= 11 is 0. The van der Waals surface area contributed by atoms with Crippen LogP contribution in [0.2, 0.25) is 0 Å². The molecule has 1 amide bonds. The van der Waals surface area contributed by atoms with E-state index in [4.69, 9.17) is 10.8 Å². The molecule has 4 heteroatoms. The molecule has 0 bridgehead atoms. The van der Waals surface area contributed by atoms with Gasteiger partial charge >= 0.3 is 0 Å². The molecule has 1 rings (SSSR count). The van der Waals surface area contributed by atoms with Crippen molar-refractivity contribution in [2.24, 2.45) is 5.73 Å². The van der Waals surface area contributed by atoms with E-state index in [1.807, 2.05) is 4.90 Å². The number of nitrogens with two attached hydrogens (primary N) is 1. The molecular formula is C14H28N2O2. The summed E-state index contributed by atoms with van der Waals surface area (Å²) in [4.78, 5) is 14.2. The molecule has 106 valence electrons. The van der Waals surface area contributed by atoms with E-state index < -0.39 is 6.04 Å². The SMILES string of the molecule is CCCC[C@H](N)C(=O)N(CCO)C1CCCCC1. The highest BCUT2D eigenvalue weighted by Gasteiger charge is 2.27. The Kier molecular flexibility index (Phi) is 7.28. The van der Waals surface area contributed by atoms with Gasteiger partial charge in [0.1, 0.15) is 0 Å². The van der Waals surface area contributed by atoms with Gasteiger partial charge < -0.3 is 15.7 Å². The predicted octanol–water partition coefficient (Wildman–Crippen LogP) is 1.66. The van der Waals surface area contributed by atoms with Crippen molar-refractivity contribution in [3.63, 3.8) is 0 Å². The number of amides is 1. The van der Waals surface area contributed by atoms with E-state index in [0.717, 1.165) is 32.1 Å². The Balaban J connectivity index is 2.55. The van der Waals surface area contributed by atoms with E-state index in [0.29, 0.717) is 12.6 Å². The number of aliphatic hydroxyl groups excluding tert-OH is 1. The quantitative estimate of drug-likeness (QED) is 0.728. The first kappa shape index (κ1) is 15.4. The monoisotopic (exact) mass is 256 g/mol. The summed E-state index contributed by atoms with van der Waals surface area (Å²) in [5.41, 5.74) is 5.97. The molecule has 1 saturated carbocycles. The summed E-state index contributed by atoms with van der Waals surface area (Å²) in [6.45, 7) is 2.57. The van der Waals surface area contributed by atoms with Crippen LogP contribution in [0.1, 0.15) is 58.3 Å². The lowest BCUT2D eigenvalue weighted by atomic mass is 9.93. The minimum absolute atomic E-state index is 0.0305. The van der Waals surface area contributed by atoms with Crippen molar-refractivity contribution in [3.8, 4) is 0 Å². The van der Waals surface area contributed by atoms with Gasteiger partial charge in [-0.2, -0.15) is 0 Å². The van der Waals surface area contributed by atoms with E-state index in [1.54, 1.807) is 0 Å². The molecule has 3 N–H and O–H groups in total. The van der Waals surface area contributed by atoms with Crippen LogP contribution in [-0.2, 0) is 4.79 Å². The minimum Gasteiger partial charge on any atom is -0.395 e. The second kappa shape index (κ2) is 8.48. The fourth-order valence-electron chi connectivity index (χ4n) is 2.73. The zero-order valence-corrected chi connectivity index (χ0v) is 11.6. The van der Waals surface area contributed by atoms with E-state index in [2.05, 4.69) is 6.92 Å². The zero-order valence-electron chi connectivity index (χ0n) is 11.6. The first-order valence-electron chi connectivity index (χ1n) is 7.37. The summed E-state index contributed by atoms with van der Waals surface area (Å²) in [6.07, 6.45) is 8.56. The lowest BCUT2D eigenvalue weighted by Crippen LogP contribution is -2.50. The molecule has 0 heterocycles. The van der Waals surface area contributed by atoms with Crippen LogP contribution in [0.4, 0.5) is 0 Å². The molecule has 0 aromatic rings. The molecule has 0 saturated heterocycles. The number of hydrogen-bond donors (Lipinski definition) is 2. The molecule has 18 heavy (non-hydrogen) atoms. The van der Waals surface area contributed by atoms with Gasteiger partial charge in [-0.15, -0.1) is 0 Å². The maximum Gasteiger partial charge on any atom is 0.239 e. The van der Waals surface area contributed by atoms with Gasteiger partial charge in [0.2, 0.25) is 5.91 Å². The van der Waals surface area contributed by atoms with Crippen LogP contribution < -0.4 is 5.73 Å². The van der Waals surface area contributed by atoms with Gasteiger partial charge in [0.15, 0.2) is 0 Å². The maximum absolute atomic E-state index is 12.3. The van der Waals surface area contributed by atoms with E-state index in [1.165, 1.54) is 19.3 Å². The number of carbonyl (C=O) groups excluding carboxylic acids is 1. The summed E-state index contributed by atoms with van der Waals surface area (Å²) < 4.78 is 0. The van der Waals surface area contributed by atoms with Crippen molar-refractivity contribution in [1.29, 1.82) is 0 Å². The number of nitrogens with zero attached hydrogens (tertiary/aromatic N) is 1. The molecule has 1 aliphatic carbocycles. The third-order valence-electron chi connectivity index (χ3n) is 3.83. The Morgan fingerprint density at radius 2 is 2.06 bits per heavy atom. The van der Waals surface area contributed by atoms with Crippen LogP contribution in [0.3, 0.4) is 0 Å². The Labute approximate surface area is 111 Å². The Bertz CT molecular complexity index is 240. The molecule has 1 atom stereocenters. The van der Waals surface area contributed by atoms with Crippen molar-refractivity contribution in [1.82, 2.24) is 4.90 Å². The first-order chi connectivity index (χ1) is 8.70. The summed E-state index contributed by atoms with van der Waals surface area (Å²) in [5.74, 6) is 0.0319. The smallest absolute Gasteiger partial charge is 0.239 e. The van der Waals surface area contributed by atoms with Gasteiger partial charge in [-0.25, -0.2) is 0 Å². The van der Waals surface area contributed by atoms with Gasteiger partial charge in [0, 0.05) is 12.6 Å². The van der Waals surface area contributed by atoms with Crippen LogP contribution in [-0.4, -0.2) is 41.1 Å².